The van der Waals surface area contributed by atoms with Crippen LogP contribution in [0.15, 0.2) is 83.6 Å². The number of nitrogens with zero attached hydrogens (tertiary/aromatic N) is 4. The van der Waals surface area contributed by atoms with Crippen LogP contribution in [0, 0.1) is 0 Å². The average Bonchev–Trinajstić information content (AvgIpc) is 3.32. The Labute approximate surface area is 225 Å². The Balaban J connectivity index is 1.40. The fourth-order valence-corrected chi connectivity index (χ4v) is 4.67. The quantitative estimate of drug-likeness (QED) is 0.117. The van der Waals surface area contributed by atoms with E-state index >= 15 is 0 Å². The second-order valence-corrected chi connectivity index (χ2v) is 9.59. The molecule has 1 atom stereocenters. The summed E-state index contributed by atoms with van der Waals surface area (Å²) in [4.78, 5) is 12.7. The maximum absolute atomic E-state index is 12.7. The third-order valence-electron chi connectivity index (χ3n) is 5.80. The van der Waals surface area contributed by atoms with Crippen LogP contribution in [0.4, 0.5) is 5.69 Å². The Morgan fingerprint density at radius 1 is 1.13 bits per heavy atom. The first-order valence-electron chi connectivity index (χ1n) is 12.0. The SMILES string of the molecule is C=CCn1c(CNc2cccc3ccccc23)nnc1SC(C)C(=O)NN=Cc1ccc(OC)cc1OC. The predicted molar refractivity (Wildman–Crippen MR) is 152 cm³/mol. The van der Waals surface area contributed by atoms with Gasteiger partial charge in [0.1, 0.15) is 11.5 Å². The number of benzene rings is 3. The minimum Gasteiger partial charge on any atom is -0.497 e. The van der Waals surface area contributed by atoms with Gasteiger partial charge in [-0.25, -0.2) is 5.43 Å². The Hall–Kier alpha value is -4.31. The van der Waals surface area contributed by atoms with Crippen LogP contribution in [0.1, 0.15) is 18.3 Å². The largest absolute Gasteiger partial charge is 0.497 e. The highest BCUT2D eigenvalue weighted by Crippen LogP contribution is 2.26. The summed E-state index contributed by atoms with van der Waals surface area (Å²) in [5.74, 6) is 1.75. The van der Waals surface area contributed by atoms with Gasteiger partial charge in [0.05, 0.1) is 32.2 Å². The number of rotatable bonds is 12. The van der Waals surface area contributed by atoms with E-state index in [-0.39, 0.29) is 5.91 Å². The molecule has 0 bridgehead atoms. The minimum absolute atomic E-state index is 0.262. The Kier molecular flexibility index (Phi) is 8.99. The van der Waals surface area contributed by atoms with E-state index in [1.165, 1.54) is 18.0 Å². The van der Waals surface area contributed by atoms with E-state index in [1.54, 1.807) is 45.4 Å². The van der Waals surface area contributed by atoms with Gasteiger partial charge in [-0.1, -0.05) is 54.2 Å². The Morgan fingerprint density at radius 2 is 1.95 bits per heavy atom. The zero-order chi connectivity index (χ0) is 26.9. The first-order valence-corrected chi connectivity index (χ1v) is 12.9. The van der Waals surface area contributed by atoms with Gasteiger partial charge in [-0.2, -0.15) is 5.10 Å². The van der Waals surface area contributed by atoms with Crippen molar-refractivity contribution < 1.29 is 14.3 Å². The topological polar surface area (TPSA) is 103 Å². The number of hydrazone groups is 1. The number of methoxy groups -OCH3 is 2. The number of aromatic nitrogens is 3. The molecular weight excluding hydrogens is 500 g/mol. The van der Waals surface area contributed by atoms with Crippen molar-refractivity contribution in [2.45, 2.75) is 30.4 Å². The standard InChI is InChI=1S/C28H30N6O3S/c1-5-15-34-26(18-29-24-12-8-10-20-9-6-7-11-23(20)24)31-33-28(34)38-19(2)27(35)32-30-17-21-13-14-22(36-3)16-25(21)37-4/h5-14,16-17,19,29H,1,15,18H2,2-4H3,(H,32,35). The van der Waals surface area contributed by atoms with Crippen molar-refractivity contribution in [3.63, 3.8) is 0 Å². The predicted octanol–water partition coefficient (Wildman–Crippen LogP) is 4.88. The minimum atomic E-state index is -0.462. The number of anilines is 1. The van der Waals surface area contributed by atoms with Gasteiger partial charge in [-0.15, -0.1) is 16.8 Å². The van der Waals surface area contributed by atoms with Crippen molar-refractivity contribution in [3.8, 4) is 11.5 Å². The number of thioether (sulfide) groups is 1. The van der Waals surface area contributed by atoms with Gasteiger partial charge >= 0.3 is 0 Å². The first-order chi connectivity index (χ1) is 18.5. The van der Waals surface area contributed by atoms with Gasteiger partial charge in [-0.3, -0.25) is 4.79 Å². The molecule has 0 saturated carbocycles. The smallest absolute Gasteiger partial charge is 0.253 e. The lowest BCUT2D eigenvalue weighted by Gasteiger charge is -2.13. The molecule has 9 nitrogen and oxygen atoms in total. The molecule has 1 heterocycles. The number of carbonyl (C=O) groups excluding carboxylic acids is 1. The molecule has 0 aliphatic rings. The third kappa shape index (κ3) is 6.33. The van der Waals surface area contributed by atoms with Gasteiger partial charge in [-0.05, 0) is 30.5 Å². The molecule has 0 spiro atoms. The normalized spacial score (nSPS) is 11.9. The second kappa shape index (κ2) is 12.8. The summed E-state index contributed by atoms with van der Waals surface area (Å²) in [5.41, 5.74) is 4.32. The van der Waals surface area contributed by atoms with Crippen molar-refractivity contribution in [1.82, 2.24) is 20.2 Å². The number of hydrogen-bond acceptors (Lipinski definition) is 8. The third-order valence-corrected chi connectivity index (χ3v) is 6.88. The highest BCUT2D eigenvalue weighted by atomic mass is 32.2. The fraction of sp³-hybridized carbons (Fsp3) is 0.214. The highest BCUT2D eigenvalue weighted by molar-refractivity contribution is 8.00. The molecule has 0 aliphatic heterocycles. The van der Waals surface area contributed by atoms with Crippen LogP contribution in [-0.2, 0) is 17.9 Å². The van der Waals surface area contributed by atoms with E-state index in [0.29, 0.717) is 35.3 Å². The van der Waals surface area contributed by atoms with Gasteiger partial charge in [0, 0.05) is 29.2 Å². The van der Waals surface area contributed by atoms with Gasteiger partial charge in [0.15, 0.2) is 11.0 Å². The summed E-state index contributed by atoms with van der Waals surface area (Å²) in [6.45, 7) is 6.65. The van der Waals surface area contributed by atoms with Crippen molar-refractivity contribution >= 4 is 40.3 Å². The molecule has 38 heavy (non-hydrogen) atoms. The summed E-state index contributed by atoms with van der Waals surface area (Å²) in [6.07, 6.45) is 3.32. The zero-order valence-corrected chi connectivity index (χ0v) is 22.4. The molecule has 1 aromatic heterocycles. The maximum Gasteiger partial charge on any atom is 0.253 e. The molecule has 2 N–H and O–H groups in total. The molecule has 0 saturated heterocycles. The van der Waals surface area contributed by atoms with Crippen LogP contribution in [0.2, 0.25) is 0 Å². The molecule has 1 unspecified atom stereocenters. The molecular formula is C28H30N6O3S. The first kappa shape index (κ1) is 26.7. The highest BCUT2D eigenvalue weighted by Gasteiger charge is 2.20. The second-order valence-electron chi connectivity index (χ2n) is 8.28. The molecule has 0 radical (unpaired) electrons. The zero-order valence-electron chi connectivity index (χ0n) is 21.5. The Bertz CT molecular complexity index is 1450. The van der Waals surface area contributed by atoms with Crippen LogP contribution in [0.3, 0.4) is 0 Å². The van der Waals surface area contributed by atoms with Crippen LogP contribution in [0.25, 0.3) is 10.8 Å². The fourth-order valence-electron chi connectivity index (χ4n) is 3.80. The molecule has 0 fully saturated rings. The van der Waals surface area contributed by atoms with E-state index in [1.807, 2.05) is 28.8 Å². The van der Waals surface area contributed by atoms with E-state index in [9.17, 15) is 4.79 Å². The molecule has 0 aliphatic carbocycles. The summed E-state index contributed by atoms with van der Waals surface area (Å²) in [6, 6.07) is 19.7. The molecule has 10 heteroatoms. The van der Waals surface area contributed by atoms with E-state index in [2.05, 4.69) is 50.8 Å². The molecule has 1 amide bonds. The lowest BCUT2D eigenvalue weighted by molar-refractivity contribution is -0.120. The van der Waals surface area contributed by atoms with Crippen LogP contribution in [0.5, 0.6) is 11.5 Å². The monoisotopic (exact) mass is 530 g/mol. The number of allylic oxidation sites excluding steroid dienone is 1. The molecule has 3 aromatic carbocycles. The van der Waals surface area contributed by atoms with Crippen LogP contribution in [-0.4, -0.2) is 46.4 Å². The number of hydrogen-bond donors (Lipinski definition) is 2. The van der Waals surface area contributed by atoms with Crippen molar-refractivity contribution in [2.24, 2.45) is 5.10 Å². The molecule has 4 aromatic rings. The average molecular weight is 531 g/mol. The summed E-state index contributed by atoms with van der Waals surface area (Å²) in [5, 5.41) is 18.7. The van der Waals surface area contributed by atoms with Crippen molar-refractivity contribution in [3.05, 3.63) is 84.7 Å². The number of carbonyl (C=O) groups is 1. The number of nitrogens with one attached hydrogen (secondary N) is 2. The lowest BCUT2D eigenvalue weighted by atomic mass is 10.1. The Morgan fingerprint density at radius 3 is 2.74 bits per heavy atom. The van der Waals surface area contributed by atoms with Crippen molar-refractivity contribution in [1.29, 1.82) is 0 Å². The van der Waals surface area contributed by atoms with Crippen molar-refractivity contribution in [2.75, 3.05) is 19.5 Å². The van der Waals surface area contributed by atoms with Crippen LogP contribution >= 0.6 is 11.8 Å². The van der Waals surface area contributed by atoms with Crippen LogP contribution < -0.4 is 20.2 Å². The van der Waals surface area contributed by atoms with Gasteiger partial charge < -0.3 is 19.4 Å². The summed E-state index contributed by atoms with van der Waals surface area (Å²) < 4.78 is 12.5. The summed E-state index contributed by atoms with van der Waals surface area (Å²) in [7, 11) is 3.15. The summed E-state index contributed by atoms with van der Waals surface area (Å²) >= 11 is 1.31. The molecule has 196 valence electrons. The maximum atomic E-state index is 12.7. The number of ether oxygens (including phenoxy) is 2. The van der Waals surface area contributed by atoms with Gasteiger partial charge in [0.2, 0.25) is 0 Å². The van der Waals surface area contributed by atoms with E-state index < -0.39 is 5.25 Å². The van der Waals surface area contributed by atoms with E-state index in [4.69, 9.17) is 9.47 Å². The number of amides is 1. The van der Waals surface area contributed by atoms with E-state index in [0.717, 1.165) is 22.3 Å². The number of fused-ring (bicyclic) bond motifs is 1. The molecule has 4 rings (SSSR count). The lowest BCUT2D eigenvalue weighted by Crippen LogP contribution is -2.27. The van der Waals surface area contributed by atoms with Gasteiger partial charge in [0.25, 0.3) is 5.91 Å².